The first-order valence-corrected chi connectivity index (χ1v) is 14.5. The number of hydrogen-bond donors (Lipinski definition) is 3. The molecule has 2 unspecified atom stereocenters. The van der Waals surface area contributed by atoms with Crippen molar-refractivity contribution in [1.29, 1.82) is 0 Å². The summed E-state index contributed by atoms with van der Waals surface area (Å²) in [5.74, 6) is -1.49. The van der Waals surface area contributed by atoms with Crippen molar-refractivity contribution >= 4 is 18.0 Å². The number of nitrogens with zero attached hydrogens (tertiary/aromatic N) is 1. The molecule has 3 aromatic carbocycles. The van der Waals surface area contributed by atoms with E-state index in [1.807, 2.05) is 75.4 Å². The summed E-state index contributed by atoms with van der Waals surface area (Å²) < 4.78 is 5.82. The normalized spacial score (nSPS) is 19.0. The zero-order valence-corrected chi connectivity index (χ0v) is 24.4. The minimum absolute atomic E-state index is 0.105. The summed E-state index contributed by atoms with van der Waals surface area (Å²) in [5.41, 5.74) is 3.83. The van der Waals surface area contributed by atoms with Gasteiger partial charge >= 0.3 is 12.1 Å². The first-order chi connectivity index (χ1) is 20.1. The molecule has 0 radical (unpaired) electrons. The summed E-state index contributed by atoms with van der Waals surface area (Å²) in [6, 6.07) is 25.6. The number of hydrogen-bond acceptors (Lipinski definition) is 5. The fourth-order valence-corrected chi connectivity index (χ4v) is 6.08. The average Bonchev–Trinajstić information content (AvgIpc) is 3.50. The molecule has 0 saturated carbocycles. The maximum Gasteiger partial charge on any atom is 0.408 e. The summed E-state index contributed by atoms with van der Waals surface area (Å²) in [7, 11) is 0. The van der Waals surface area contributed by atoms with Gasteiger partial charge in [0.1, 0.15) is 12.1 Å². The Kier molecular flexibility index (Phi) is 8.36. The van der Waals surface area contributed by atoms with Crippen LogP contribution < -0.4 is 10.6 Å². The molecule has 2 aliphatic rings. The van der Waals surface area contributed by atoms with Crippen molar-refractivity contribution < 1.29 is 24.2 Å². The molecular weight excluding hydrogens is 530 g/mol. The van der Waals surface area contributed by atoms with E-state index in [9.17, 15) is 19.5 Å². The zero-order chi connectivity index (χ0) is 29.9. The van der Waals surface area contributed by atoms with E-state index in [2.05, 4.69) is 39.8 Å². The van der Waals surface area contributed by atoms with Crippen LogP contribution in [0.4, 0.5) is 4.79 Å². The highest BCUT2D eigenvalue weighted by molar-refractivity contribution is 5.91. The van der Waals surface area contributed by atoms with Crippen LogP contribution in [-0.2, 0) is 20.9 Å². The largest absolute Gasteiger partial charge is 0.481 e. The number of carboxylic acid groups (broad SMARTS) is 1. The Labute approximate surface area is 247 Å². The maximum absolute atomic E-state index is 13.9. The second kappa shape index (κ2) is 12.0. The minimum Gasteiger partial charge on any atom is -0.481 e. The summed E-state index contributed by atoms with van der Waals surface area (Å²) in [6.45, 7) is 7.30. The average molecular weight is 570 g/mol. The summed E-state index contributed by atoms with van der Waals surface area (Å²) >= 11 is 0. The lowest BCUT2D eigenvalue weighted by molar-refractivity contribution is -0.139. The molecule has 2 atom stereocenters. The van der Waals surface area contributed by atoms with Crippen LogP contribution in [-0.4, -0.2) is 59.3 Å². The maximum atomic E-state index is 13.9. The molecule has 0 bridgehead atoms. The molecule has 2 amide bonds. The molecule has 1 saturated heterocycles. The van der Waals surface area contributed by atoms with Crippen LogP contribution in [0, 0.1) is 5.41 Å². The van der Waals surface area contributed by atoms with Gasteiger partial charge < -0.3 is 20.5 Å². The monoisotopic (exact) mass is 569 g/mol. The molecule has 3 aromatic rings. The van der Waals surface area contributed by atoms with E-state index in [-0.39, 0.29) is 25.5 Å². The van der Waals surface area contributed by atoms with Crippen molar-refractivity contribution in [2.24, 2.45) is 5.41 Å². The number of benzene rings is 3. The molecule has 1 aliphatic heterocycles. The quantitative estimate of drug-likeness (QED) is 0.328. The molecular formula is C34H39N3O5. The molecule has 8 heteroatoms. The third-order valence-electron chi connectivity index (χ3n) is 8.45. The lowest BCUT2D eigenvalue weighted by Crippen LogP contribution is -2.63. The van der Waals surface area contributed by atoms with Crippen molar-refractivity contribution in [3.63, 3.8) is 0 Å². The van der Waals surface area contributed by atoms with E-state index >= 15 is 0 Å². The van der Waals surface area contributed by atoms with Gasteiger partial charge in [0.05, 0.1) is 6.42 Å². The van der Waals surface area contributed by atoms with Gasteiger partial charge in [-0.25, -0.2) is 4.79 Å². The van der Waals surface area contributed by atoms with Gasteiger partial charge in [-0.05, 0) is 39.7 Å². The molecule has 5 rings (SSSR count). The van der Waals surface area contributed by atoms with E-state index in [1.165, 1.54) is 0 Å². The van der Waals surface area contributed by atoms with Crippen molar-refractivity contribution in [3.8, 4) is 11.1 Å². The fourth-order valence-electron chi connectivity index (χ4n) is 6.08. The highest BCUT2D eigenvalue weighted by atomic mass is 16.5. The number of alkyl carbamates (subject to hydrolysis) is 1. The van der Waals surface area contributed by atoms with Crippen LogP contribution >= 0.6 is 0 Å². The molecule has 1 fully saturated rings. The van der Waals surface area contributed by atoms with E-state index in [1.54, 1.807) is 0 Å². The number of carboxylic acids is 1. The first-order valence-electron chi connectivity index (χ1n) is 14.5. The Bertz CT molecular complexity index is 1410. The van der Waals surface area contributed by atoms with Crippen LogP contribution in [0.3, 0.4) is 0 Å². The number of fused-ring (bicyclic) bond motifs is 3. The van der Waals surface area contributed by atoms with Gasteiger partial charge in [0, 0.05) is 31.6 Å². The SMILES string of the molecule is CC(C)(C)C(CC(=O)O)NC(=O)C1(NC(=O)OCC2c3ccccc3-c3ccccc32)CCN(Cc2ccccc2)C1. The minimum atomic E-state index is -1.26. The number of amides is 2. The number of nitrogens with one attached hydrogen (secondary N) is 2. The molecule has 3 N–H and O–H groups in total. The van der Waals surface area contributed by atoms with Crippen molar-refractivity contribution in [2.75, 3.05) is 19.7 Å². The smallest absolute Gasteiger partial charge is 0.408 e. The number of ether oxygens (including phenoxy) is 1. The topological polar surface area (TPSA) is 108 Å². The van der Waals surface area contributed by atoms with Gasteiger partial charge in [0.2, 0.25) is 5.91 Å². The third kappa shape index (κ3) is 6.34. The molecule has 0 spiro atoms. The Hall–Kier alpha value is -4.17. The van der Waals surface area contributed by atoms with Crippen LogP contribution in [0.1, 0.15) is 56.2 Å². The van der Waals surface area contributed by atoms with Crippen LogP contribution in [0.25, 0.3) is 11.1 Å². The fraction of sp³-hybridized carbons (Fsp3) is 0.382. The molecule has 1 heterocycles. The van der Waals surface area contributed by atoms with E-state index in [4.69, 9.17) is 4.74 Å². The highest BCUT2D eigenvalue weighted by Gasteiger charge is 2.48. The van der Waals surface area contributed by atoms with Gasteiger partial charge in [0.25, 0.3) is 0 Å². The highest BCUT2D eigenvalue weighted by Crippen LogP contribution is 2.44. The van der Waals surface area contributed by atoms with Crippen molar-refractivity contribution in [3.05, 3.63) is 95.6 Å². The van der Waals surface area contributed by atoms with Crippen molar-refractivity contribution in [1.82, 2.24) is 15.5 Å². The number of likely N-dealkylation sites (tertiary alicyclic amines) is 1. The number of rotatable bonds is 9. The van der Waals surface area contributed by atoms with E-state index in [0.29, 0.717) is 19.5 Å². The Morgan fingerprint density at radius 2 is 1.55 bits per heavy atom. The molecule has 42 heavy (non-hydrogen) atoms. The van der Waals surface area contributed by atoms with Gasteiger partial charge in [-0.15, -0.1) is 0 Å². The number of aliphatic carboxylic acids is 1. The second-order valence-corrected chi connectivity index (χ2v) is 12.5. The summed E-state index contributed by atoms with van der Waals surface area (Å²) in [6.07, 6.45) is -0.511. The zero-order valence-electron chi connectivity index (χ0n) is 24.4. The summed E-state index contributed by atoms with van der Waals surface area (Å²) in [4.78, 5) is 41.1. The van der Waals surface area contributed by atoms with Crippen LogP contribution in [0.2, 0.25) is 0 Å². The van der Waals surface area contributed by atoms with Gasteiger partial charge in [0.15, 0.2) is 0 Å². The lowest BCUT2D eigenvalue weighted by Gasteiger charge is -2.35. The number of carbonyl (C=O) groups is 3. The van der Waals surface area contributed by atoms with Crippen molar-refractivity contribution in [2.45, 2.75) is 57.7 Å². The predicted octanol–water partition coefficient (Wildman–Crippen LogP) is 5.18. The van der Waals surface area contributed by atoms with E-state index in [0.717, 1.165) is 27.8 Å². The second-order valence-electron chi connectivity index (χ2n) is 12.5. The van der Waals surface area contributed by atoms with Crippen LogP contribution in [0.15, 0.2) is 78.9 Å². The molecule has 220 valence electrons. The van der Waals surface area contributed by atoms with Gasteiger partial charge in [-0.1, -0.05) is 99.6 Å². The summed E-state index contributed by atoms with van der Waals surface area (Å²) in [5, 5.41) is 15.4. The Morgan fingerprint density at radius 3 is 2.14 bits per heavy atom. The number of carbonyl (C=O) groups excluding carboxylic acids is 2. The Balaban J connectivity index is 1.33. The molecule has 8 nitrogen and oxygen atoms in total. The molecule has 0 aromatic heterocycles. The standard InChI is InChI=1S/C34H39N3O5/c1-33(2,3)29(19-30(38)39)35-31(40)34(17-18-37(22-34)20-23-11-5-4-6-12-23)36-32(41)42-21-28-26-15-9-7-13-24(26)25-14-8-10-16-27(25)28/h4-16,28-29H,17-22H2,1-3H3,(H,35,40)(H,36,41)(H,38,39). The Morgan fingerprint density at radius 1 is 0.952 bits per heavy atom. The van der Waals surface area contributed by atoms with Gasteiger partial charge in [-0.3, -0.25) is 14.5 Å². The van der Waals surface area contributed by atoms with E-state index < -0.39 is 35.0 Å². The van der Waals surface area contributed by atoms with Crippen LogP contribution in [0.5, 0.6) is 0 Å². The van der Waals surface area contributed by atoms with Gasteiger partial charge in [-0.2, -0.15) is 0 Å². The molecule has 1 aliphatic carbocycles. The first kappa shape index (κ1) is 29.3. The lowest BCUT2D eigenvalue weighted by atomic mass is 9.84. The predicted molar refractivity (Wildman–Crippen MR) is 161 cm³/mol. The third-order valence-corrected chi connectivity index (χ3v) is 8.45.